The van der Waals surface area contributed by atoms with E-state index < -0.39 is 0 Å². The minimum Gasteiger partial charge on any atom is -0.355 e. The van der Waals surface area contributed by atoms with Gasteiger partial charge in [-0.2, -0.15) is 0 Å². The minimum absolute atomic E-state index is 0. The van der Waals surface area contributed by atoms with Crippen molar-refractivity contribution in [1.82, 2.24) is 5.32 Å². The number of anilines is 1. The fourth-order valence-electron chi connectivity index (χ4n) is 4.13. The molecule has 0 heterocycles. The summed E-state index contributed by atoms with van der Waals surface area (Å²) in [5, 5.41) is 5.57. The molecule has 2 aliphatic rings. The standard InChI is InChI=1S/C18H25N3O2.ClH/c1-20-17(22)13-6-3-7-15(10-13)21-18(23)14-8-11-4-2-5-12(9-14)16(11)19;/h3,6-7,10-12,14,16H,2,4-5,8-9,19H2,1H3,(H,20,22)(H,21,23);1H. The van der Waals surface area contributed by atoms with E-state index in [0.29, 0.717) is 23.1 Å². The van der Waals surface area contributed by atoms with Crippen LogP contribution in [0.4, 0.5) is 5.69 Å². The Kier molecular flexibility index (Phi) is 6.24. The molecule has 6 heteroatoms. The molecule has 3 rings (SSSR count). The van der Waals surface area contributed by atoms with Crippen LogP contribution in [-0.2, 0) is 4.79 Å². The van der Waals surface area contributed by atoms with Crippen molar-refractivity contribution in [3.05, 3.63) is 29.8 Å². The highest BCUT2D eigenvalue weighted by Crippen LogP contribution is 2.42. The van der Waals surface area contributed by atoms with E-state index in [1.807, 2.05) is 6.07 Å². The van der Waals surface area contributed by atoms with Gasteiger partial charge in [0.2, 0.25) is 5.91 Å². The average Bonchev–Trinajstić information content (AvgIpc) is 2.54. The van der Waals surface area contributed by atoms with Gasteiger partial charge >= 0.3 is 0 Å². The van der Waals surface area contributed by atoms with Gasteiger partial charge in [-0.25, -0.2) is 0 Å². The summed E-state index contributed by atoms with van der Waals surface area (Å²) in [6, 6.07) is 7.32. The van der Waals surface area contributed by atoms with E-state index >= 15 is 0 Å². The Balaban J connectivity index is 0.00000208. The molecule has 2 atom stereocenters. The molecule has 0 aliphatic heterocycles. The third-order valence-electron chi connectivity index (χ3n) is 5.40. The maximum absolute atomic E-state index is 12.6. The van der Waals surface area contributed by atoms with E-state index in [-0.39, 0.29) is 36.2 Å². The first-order valence-electron chi connectivity index (χ1n) is 8.47. The number of carbonyl (C=O) groups is 2. The summed E-state index contributed by atoms with van der Waals surface area (Å²) < 4.78 is 0. The molecule has 24 heavy (non-hydrogen) atoms. The third kappa shape index (κ3) is 3.90. The molecule has 4 N–H and O–H groups in total. The summed E-state index contributed by atoms with van der Waals surface area (Å²) in [6.45, 7) is 0. The van der Waals surface area contributed by atoms with Crippen LogP contribution < -0.4 is 16.4 Å². The summed E-state index contributed by atoms with van der Waals surface area (Å²) in [5.74, 6) is 0.904. The molecule has 2 unspecified atom stereocenters. The molecule has 2 saturated carbocycles. The molecule has 0 aromatic heterocycles. The zero-order chi connectivity index (χ0) is 16.4. The Morgan fingerprint density at radius 2 is 1.83 bits per heavy atom. The lowest BCUT2D eigenvalue weighted by Crippen LogP contribution is -2.48. The molecule has 1 aromatic carbocycles. The van der Waals surface area contributed by atoms with Crippen LogP contribution in [0, 0.1) is 17.8 Å². The van der Waals surface area contributed by atoms with Gasteiger partial charge in [-0.15, -0.1) is 12.4 Å². The van der Waals surface area contributed by atoms with Crippen LogP contribution in [0.25, 0.3) is 0 Å². The van der Waals surface area contributed by atoms with Gasteiger partial charge in [0, 0.05) is 30.3 Å². The molecule has 2 fully saturated rings. The van der Waals surface area contributed by atoms with Gasteiger partial charge in [-0.05, 0) is 55.7 Å². The smallest absolute Gasteiger partial charge is 0.251 e. The van der Waals surface area contributed by atoms with Crippen molar-refractivity contribution in [2.45, 2.75) is 38.1 Å². The van der Waals surface area contributed by atoms with E-state index in [4.69, 9.17) is 5.73 Å². The number of amides is 2. The molecule has 0 saturated heterocycles. The largest absolute Gasteiger partial charge is 0.355 e. The molecule has 132 valence electrons. The van der Waals surface area contributed by atoms with Crippen LogP contribution in [0.15, 0.2) is 24.3 Å². The Labute approximate surface area is 149 Å². The van der Waals surface area contributed by atoms with Gasteiger partial charge in [0.15, 0.2) is 0 Å². The number of nitrogens with one attached hydrogen (secondary N) is 2. The van der Waals surface area contributed by atoms with Gasteiger partial charge in [-0.3, -0.25) is 9.59 Å². The highest BCUT2D eigenvalue weighted by atomic mass is 35.5. The zero-order valence-electron chi connectivity index (χ0n) is 14.0. The van der Waals surface area contributed by atoms with E-state index in [1.54, 1.807) is 25.2 Å². The second-order valence-electron chi connectivity index (χ2n) is 6.85. The number of carbonyl (C=O) groups excluding carboxylic acids is 2. The normalized spacial score (nSPS) is 28.4. The lowest BCUT2D eigenvalue weighted by Gasteiger charge is -2.43. The van der Waals surface area contributed by atoms with Crippen molar-refractivity contribution in [3.8, 4) is 0 Å². The van der Waals surface area contributed by atoms with Crippen LogP contribution in [0.5, 0.6) is 0 Å². The lowest BCUT2D eigenvalue weighted by atomic mass is 9.65. The number of benzene rings is 1. The van der Waals surface area contributed by atoms with Crippen LogP contribution in [-0.4, -0.2) is 24.9 Å². The van der Waals surface area contributed by atoms with Crippen LogP contribution in [0.1, 0.15) is 42.5 Å². The number of hydrogen-bond acceptors (Lipinski definition) is 3. The predicted octanol–water partition coefficient (Wildman–Crippen LogP) is 2.56. The summed E-state index contributed by atoms with van der Waals surface area (Å²) in [6.07, 6.45) is 5.31. The molecule has 2 amide bonds. The number of halogens is 1. The summed E-state index contributed by atoms with van der Waals surface area (Å²) >= 11 is 0. The van der Waals surface area contributed by atoms with Crippen LogP contribution >= 0.6 is 12.4 Å². The van der Waals surface area contributed by atoms with Crippen LogP contribution in [0.2, 0.25) is 0 Å². The Bertz CT molecular complexity index is 594. The second-order valence-corrected chi connectivity index (χ2v) is 6.85. The highest BCUT2D eigenvalue weighted by molar-refractivity contribution is 5.97. The molecule has 5 nitrogen and oxygen atoms in total. The Morgan fingerprint density at radius 1 is 1.17 bits per heavy atom. The molecule has 0 spiro atoms. The first-order valence-corrected chi connectivity index (χ1v) is 8.47. The van der Waals surface area contributed by atoms with Gasteiger partial charge in [-0.1, -0.05) is 12.5 Å². The molecule has 2 aliphatic carbocycles. The molecule has 0 radical (unpaired) electrons. The molecular formula is C18H26ClN3O2. The maximum Gasteiger partial charge on any atom is 0.251 e. The van der Waals surface area contributed by atoms with Crippen molar-refractivity contribution in [2.75, 3.05) is 12.4 Å². The zero-order valence-corrected chi connectivity index (χ0v) is 14.8. The van der Waals surface area contributed by atoms with Gasteiger partial charge in [0.1, 0.15) is 0 Å². The van der Waals surface area contributed by atoms with E-state index in [0.717, 1.165) is 25.7 Å². The summed E-state index contributed by atoms with van der Waals surface area (Å²) in [4.78, 5) is 24.3. The molecular weight excluding hydrogens is 326 g/mol. The fourth-order valence-corrected chi connectivity index (χ4v) is 4.13. The predicted molar refractivity (Wildman–Crippen MR) is 97.2 cm³/mol. The summed E-state index contributed by atoms with van der Waals surface area (Å²) in [7, 11) is 1.59. The number of rotatable bonds is 3. The van der Waals surface area contributed by atoms with Crippen molar-refractivity contribution >= 4 is 29.9 Å². The van der Waals surface area contributed by atoms with Crippen molar-refractivity contribution in [1.29, 1.82) is 0 Å². The highest BCUT2D eigenvalue weighted by Gasteiger charge is 2.40. The lowest BCUT2D eigenvalue weighted by molar-refractivity contribution is -0.122. The summed E-state index contributed by atoms with van der Waals surface area (Å²) in [5.41, 5.74) is 7.52. The topological polar surface area (TPSA) is 84.2 Å². The number of nitrogens with two attached hydrogens (primary N) is 1. The second kappa shape index (κ2) is 7.99. The maximum atomic E-state index is 12.6. The quantitative estimate of drug-likeness (QED) is 0.782. The van der Waals surface area contributed by atoms with Crippen molar-refractivity contribution in [3.63, 3.8) is 0 Å². The van der Waals surface area contributed by atoms with Gasteiger partial charge < -0.3 is 16.4 Å². The molecule has 1 aromatic rings. The Morgan fingerprint density at radius 3 is 2.46 bits per heavy atom. The molecule has 2 bridgehead atoms. The van der Waals surface area contributed by atoms with E-state index in [9.17, 15) is 9.59 Å². The fraction of sp³-hybridized carbons (Fsp3) is 0.556. The van der Waals surface area contributed by atoms with Crippen molar-refractivity contribution in [2.24, 2.45) is 23.5 Å². The first kappa shape index (κ1) is 18.7. The monoisotopic (exact) mass is 351 g/mol. The first-order chi connectivity index (χ1) is 11.1. The van der Waals surface area contributed by atoms with Gasteiger partial charge in [0.05, 0.1) is 0 Å². The minimum atomic E-state index is -0.153. The number of fused-ring (bicyclic) bond motifs is 2. The number of hydrogen-bond donors (Lipinski definition) is 3. The van der Waals surface area contributed by atoms with Gasteiger partial charge in [0.25, 0.3) is 5.91 Å². The average molecular weight is 352 g/mol. The van der Waals surface area contributed by atoms with E-state index in [1.165, 1.54) is 6.42 Å². The van der Waals surface area contributed by atoms with Crippen molar-refractivity contribution < 1.29 is 9.59 Å². The SMILES string of the molecule is CNC(=O)c1cccc(NC(=O)C2CC3CCCC(C2)C3N)c1.Cl. The van der Waals surface area contributed by atoms with E-state index in [2.05, 4.69) is 10.6 Å². The Hall–Kier alpha value is -1.59. The third-order valence-corrected chi connectivity index (χ3v) is 5.40. The van der Waals surface area contributed by atoms with Crippen LogP contribution in [0.3, 0.4) is 0 Å².